The van der Waals surface area contributed by atoms with Gasteiger partial charge >= 0.3 is 0 Å². The maximum atomic E-state index is 5.90. The molecule has 0 aliphatic heterocycles. The van der Waals surface area contributed by atoms with E-state index in [1.165, 1.54) is 0 Å². The summed E-state index contributed by atoms with van der Waals surface area (Å²) in [6, 6.07) is 0. The maximum Gasteiger partial charge on any atom is 0.0654 e. The number of nitrogens with two attached hydrogens (primary N) is 1. The Kier molecular flexibility index (Phi) is 4.82. The second-order valence-corrected chi connectivity index (χ2v) is 3.04. The Balaban J connectivity index is 5.20. The van der Waals surface area contributed by atoms with E-state index in [2.05, 4.69) is 18.2 Å². The first-order valence-corrected chi connectivity index (χ1v) is 4.30. The van der Waals surface area contributed by atoms with Crippen LogP contribution in [0.4, 0.5) is 0 Å². The Bertz CT molecular complexity index is 257. The van der Waals surface area contributed by atoms with E-state index in [9.17, 15) is 0 Å². The van der Waals surface area contributed by atoms with Gasteiger partial charge in [-0.3, -0.25) is 4.99 Å². The summed E-state index contributed by atoms with van der Waals surface area (Å²) < 4.78 is 0. The molecule has 0 saturated carbocycles. The summed E-state index contributed by atoms with van der Waals surface area (Å²) in [6.45, 7) is 11.5. The number of hydrogen-bond acceptors (Lipinski definition) is 2. The summed E-state index contributed by atoms with van der Waals surface area (Å²) in [5.41, 5.74) is 8.38. The van der Waals surface area contributed by atoms with Crippen molar-refractivity contribution < 1.29 is 0 Å². The predicted molar refractivity (Wildman–Crippen MR) is 59.8 cm³/mol. The summed E-state index contributed by atoms with van der Waals surface area (Å²) in [7, 11) is 1.72. The lowest BCUT2D eigenvalue weighted by molar-refractivity contribution is 0.753. The van der Waals surface area contributed by atoms with Gasteiger partial charge in [0.05, 0.1) is 5.71 Å². The first-order valence-electron chi connectivity index (χ1n) is 4.30. The van der Waals surface area contributed by atoms with E-state index in [1.807, 2.05) is 13.8 Å². The van der Waals surface area contributed by atoms with Crippen LogP contribution in [0.1, 0.15) is 13.8 Å². The zero-order valence-electron chi connectivity index (χ0n) is 8.67. The van der Waals surface area contributed by atoms with Crippen LogP contribution in [0.2, 0.25) is 0 Å². The van der Waals surface area contributed by atoms with Crippen molar-refractivity contribution in [3.8, 4) is 0 Å². The predicted octanol–water partition coefficient (Wildman–Crippen LogP) is 2.30. The second kappa shape index (κ2) is 5.36. The average molecular weight is 178 g/mol. The SMILES string of the molecule is C=CC(=NC)C(C=C)=C(N)C(C)C. The van der Waals surface area contributed by atoms with Crippen LogP contribution in [-0.2, 0) is 0 Å². The van der Waals surface area contributed by atoms with Crippen molar-refractivity contribution in [3.05, 3.63) is 36.6 Å². The molecule has 0 fully saturated rings. The van der Waals surface area contributed by atoms with E-state index in [1.54, 1.807) is 19.2 Å². The molecule has 0 unspecified atom stereocenters. The van der Waals surface area contributed by atoms with Gasteiger partial charge in [-0.05, 0) is 12.0 Å². The third kappa shape index (κ3) is 2.90. The summed E-state index contributed by atoms with van der Waals surface area (Å²) in [6.07, 6.45) is 3.41. The zero-order valence-corrected chi connectivity index (χ0v) is 8.67. The third-order valence-electron chi connectivity index (χ3n) is 1.85. The van der Waals surface area contributed by atoms with Crippen LogP contribution in [0, 0.1) is 5.92 Å². The molecule has 0 aliphatic rings. The van der Waals surface area contributed by atoms with Crippen molar-refractivity contribution in [3.63, 3.8) is 0 Å². The highest BCUT2D eigenvalue weighted by atomic mass is 14.7. The Labute approximate surface area is 80.6 Å². The van der Waals surface area contributed by atoms with Gasteiger partial charge in [0.25, 0.3) is 0 Å². The lowest BCUT2D eigenvalue weighted by Crippen LogP contribution is -2.12. The maximum absolute atomic E-state index is 5.90. The minimum Gasteiger partial charge on any atom is -0.401 e. The molecule has 0 aromatic carbocycles. The molecule has 2 heteroatoms. The molecule has 0 spiro atoms. The van der Waals surface area contributed by atoms with E-state index >= 15 is 0 Å². The Hall–Kier alpha value is -1.31. The van der Waals surface area contributed by atoms with Crippen molar-refractivity contribution >= 4 is 5.71 Å². The lowest BCUT2D eigenvalue weighted by atomic mass is 10.0. The summed E-state index contributed by atoms with van der Waals surface area (Å²) in [5, 5.41) is 0. The molecule has 0 aliphatic carbocycles. The number of hydrogen-bond donors (Lipinski definition) is 1. The van der Waals surface area contributed by atoms with Crippen LogP contribution in [0.3, 0.4) is 0 Å². The third-order valence-corrected chi connectivity index (χ3v) is 1.85. The highest BCUT2D eigenvalue weighted by Crippen LogP contribution is 2.12. The molecule has 13 heavy (non-hydrogen) atoms. The molecular weight excluding hydrogens is 160 g/mol. The van der Waals surface area contributed by atoms with Crippen molar-refractivity contribution in [2.24, 2.45) is 16.6 Å². The molecule has 0 heterocycles. The van der Waals surface area contributed by atoms with Gasteiger partial charge < -0.3 is 5.73 Å². The smallest absolute Gasteiger partial charge is 0.0654 e. The van der Waals surface area contributed by atoms with Crippen LogP contribution in [-0.4, -0.2) is 12.8 Å². The fraction of sp³-hybridized carbons (Fsp3) is 0.364. The molecule has 2 N–H and O–H groups in total. The summed E-state index contributed by atoms with van der Waals surface area (Å²) in [5.74, 6) is 0.296. The topological polar surface area (TPSA) is 38.4 Å². The van der Waals surface area contributed by atoms with Crippen LogP contribution < -0.4 is 5.73 Å². The van der Waals surface area contributed by atoms with E-state index in [4.69, 9.17) is 5.73 Å². The van der Waals surface area contributed by atoms with Gasteiger partial charge in [0.1, 0.15) is 0 Å². The second-order valence-electron chi connectivity index (χ2n) is 3.04. The van der Waals surface area contributed by atoms with Gasteiger partial charge in [-0.1, -0.05) is 33.1 Å². The van der Waals surface area contributed by atoms with E-state index < -0.39 is 0 Å². The van der Waals surface area contributed by atoms with Crippen LogP contribution in [0.5, 0.6) is 0 Å². The molecule has 0 amide bonds. The number of rotatable bonds is 4. The Morgan fingerprint density at radius 2 is 1.85 bits per heavy atom. The fourth-order valence-corrected chi connectivity index (χ4v) is 1.00. The summed E-state index contributed by atoms with van der Waals surface area (Å²) in [4.78, 5) is 4.07. The van der Waals surface area contributed by atoms with Gasteiger partial charge in [-0.2, -0.15) is 0 Å². The van der Waals surface area contributed by atoms with E-state index in [-0.39, 0.29) is 0 Å². The zero-order chi connectivity index (χ0) is 10.4. The first kappa shape index (κ1) is 11.7. The van der Waals surface area contributed by atoms with E-state index in [0.717, 1.165) is 17.0 Å². The minimum atomic E-state index is 0.296. The standard InChI is InChI=1S/C11H18N2/c1-6-9(10(7-2)13-5)11(12)8(3)4/h6-8H,1-2,12H2,3-5H3. The molecular formula is C11H18N2. The molecule has 0 bridgehead atoms. The van der Waals surface area contributed by atoms with E-state index in [0.29, 0.717) is 5.92 Å². The highest BCUT2D eigenvalue weighted by molar-refractivity contribution is 6.10. The average Bonchev–Trinajstić information content (AvgIpc) is 2.12. The van der Waals surface area contributed by atoms with Gasteiger partial charge in [-0.25, -0.2) is 0 Å². The van der Waals surface area contributed by atoms with Gasteiger partial charge in [-0.15, -0.1) is 0 Å². The molecule has 0 aromatic rings. The molecule has 0 atom stereocenters. The molecule has 0 saturated heterocycles. The van der Waals surface area contributed by atoms with Crippen LogP contribution in [0.25, 0.3) is 0 Å². The number of nitrogens with zero attached hydrogens (tertiary/aromatic N) is 1. The van der Waals surface area contributed by atoms with Crippen molar-refractivity contribution in [1.82, 2.24) is 0 Å². The fourth-order valence-electron chi connectivity index (χ4n) is 1.00. The highest BCUT2D eigenvalue weighted by Gasteiger charge is 2.07. The van der Waals surface area contributed by atoms with Crippen LogP contribution >= 0.6 is 0 Å². The van der Waals surface area contributed by atoms with Crippen molar-refractivity contribution in [2.45, 2.75) is 13.8 Å². The largest absolute Gasteiger partial charge is 0.401 e. The molecule has 72 valence electrons. The molecule has 0 rings (SSSR count). The lowest BCUT2D eigenvalue weighted by Gasteiger charge is -2.11. The molecule has 2 nitrogen and oxygen atoms in total. The summed E-state index contributed by atoms with van der Waals surface area (Å²) >= 11 is 0. The quantitative estimate of drug-likeness (QED) is 0.520. The normalized spacial score (nSPS) is 14.0. The van der Waals surface area contributed by atoms with Gasteiger partial charge in [0, 0.05) is 18.3 Å². The Morgan fingerprint density at radius 3 is 2.08 bits per heavy atom. The van der Waals surface area contributed by atoms with Gasteiger partial charge in [0.15, 0.2) is 0 Å². The van der Waals surface area contributed by atoms with Crippen molar-refractivity contribution in [2.75, 3.05) is 7.05 Å². The minimum absolute atomic E-state index is 0.296. The number of aliphatic imine (C=N–C) groups is 1. The van der Waals surface area contributed by atoms with Crippen LogP contribution in [0.15, 0.2) is 41.6 Å². The monoisotopic (exact) mass is 178 g/mol. The number of allylic oxidation sites excluding steroid dienone is 4. The van der Waals surface area contributed by atoms with Gasteiger partial charge in [0.2, 0.25) is 0 Å². The Morgan fingerprint density at radius 1 is 1.31 bits per heavy atom. The molecule has 0 radical (unpaired) electrons. The van der Waals surface area contributed by atoms with Crippen molar-refractivity contribution in [1.29, 1.82) is 0 Å². The first-order chi connectivity index (χ1) is 6.08. The molecule has 0 aromatic heterocycles.